The Morgan fingerprint density at radius 3 is 2.52 bits per heavy atom. The number of anilines is 1. The second-order valence-corrected chi connectivity index (χ2v) is 5.77. The van der Waals surface area contributed by atoms with Crippen LogP contribution in [0.25, 0.3) is 0 Å². The number of hydrogen-bond acceptors (Lipinski definition) is 4. The van der Waals surface area contributed by atoms with E-state index in [0.29, 0.717) is 12.8 Å². The minimum absolute atomic E-state index is 0.0372. The topological polar surface area (TPSA) is 92.2 Å². The summed E-state index contributed by atoms with van der Waals surface area (Å²) in [5.41, 5.74) is -0.961. The molecule has 2 rings (SSSR count). The lowest BCUT2D eigenvalue weighted by Gasteiger charge is -2.27. The summed E-state index contributed by atoms with van der Waals surface area (Å²) in [6, 6.07) is 1.52. The van der Waals surface area contributed by atoms with Gasteiger partial charge in [0.15, 0.2) is 0 Å². The number of carbonyl (C=O) groups excluding carboxylic acids is 1. The Morgan fingerprint density at radius 2 is 1.95 bits per heavy atom. The molecular formula is C14H18ClN3O3. The van der Waals surface area contributed by atoms with Crippen LogP contribution in [0.15, 0.2) is 12.3 Å². The summed E-state index contributed by atoms with van der Waals surface area (Å²) < 4.78 is 0. The fourth-order valence-electron chi connectivity index (χ4n) is 2.77. The molecule has 114 valence electrons. The number of nitrogens with one attached hydrogen (secondary N) is 1. The molecular weight excluding hydrogens is 294 g/mol. The van der Waals surface area contributed by atoms with Crippen LogP contribution in [0.5, 0.6) is 0 Å². The second-order valence-electron chi connectivity index (χ2n) is 5.44. The van der Waals surface area contributed by atoms with E-state index in [2.05, 4.69) is 15.3 Å². The molecule has 0 aromatic carbocycles. The van der Waals surface area contributed by atoms with E-state index < -0.39 is 11.4 Å². The molecule has 1 fully saturated rings. The maximum atomic E-state index is 12.1. The van der Waals surface area contributed by atoms with Crippen LogP contribution in [0.1, 0.15) is 44.9 Å². The number of amides is 1. The fourth-order valence-corrected chi connectivity index (χ4v) is 2.92. The molecule has 6 nitrogen and oxygen atoms in total. The van der Waals surface area contributed by atoms with Gasteiger partial charge in [-0.3, -0.25) is 9.59 Å². The molecule has 21 heavy (non-hydrogen) atoms. The quantitative estimate of drug-likeness (QED) is 0.659. The number of hydrogen-bond donors (Lipinski definition) is 2. The Labute approximate surface area is 127 Å². The number of nitrogens with zero attached hydrogens (tertiary/aromatic N) is 2. The Kier molecular flexibility index (Phi) is 5.12. The molecule has 1 heterocycles. The summed E-state index contributed by atoms with van der Waals surface area (Å²) >= 11 is 5.65. The Hall–Kier alpha value is -1.69. The lowest BCUT2D eigenvalue weighted by molar-refractivity contribution is -0.152. The van der Waals surface area contributed by atoms with E-state index in [9.17, 15) is 14.7 Å². The average Bonchev–Trinajstić information content (AvgIpc) is 2.65. The SMILES string of the molecule is O=C(CC1(C(=O)O)CCCCCC1)Nc1ccnc(Cl)n1. The fraction of sp³-hybridized carbons (Fsp3) is 0.571. The molecule has 0 bridgehead atoms. The van der Waals surface area contributed by atoms with Gasteiger partial charge in [0.05, 0.1) is 5.41 Å². The van der Waals surface area contributed by atoms with Gasteiger partial charge < -0.3 is 10.4 Å². The van der Waals surface area contributed by atoms with Gasteiger partial charge in [0.2, 0.25) is 11.2 Å². The summed E-state index contributed by atoms with van der Waals surface area (Å²) in [4.78, 5) is 31.4. The first-order chi connectivity index (χ1) is 10.0. The highest BCUT2D eigenvalue weighted by molar-refractivity contribution is 6.28. The minimum Gasteiger partial charge on any atom is -0.481 e. The third-order valence-corrected chi connectivity index (χ3v) is 4.09. The molecule has 0 saturated heterocycles. The van der Waals surface area contributed by atoms with Gasteiger partial charge in [0.1, 0.15) is 5.82 Å². The monoisotopic (exact) mass is 311 g/mol. The number of aliphatic carboxylic acids is 1. The molecule has 0 aliphatic heterocycles. The molecule has 0 unspecified atom stereocenters. The predicted molar refractivity (Wildman–Crippen MR) is 78.1 cm³/mol. The van der Waals surface area contributed by atoms with E-state index in [1.165, 1.54) is 12.3 Å². The lowest BCUT2D eigenvalue weighted by atomic mass is 9.77. The zero-order valence-electron chi connectivity index (χ0n) is 11.6. The van der Waals surface area contributed by atoms with Gasteiger partial charge in [-0.15, -0.1) is 0 Å². The molecule has 2 N–H and O–H groups in total. The van der Waals surface area contributed by atoms with Crippen molar-refractivity contribution in [3.05, 3.63) is 17.5 Å². The number of carboxylic acid groups (broad SMARTS) is 1. The highest BCUT2D eigenvalue weighted by Gasteiger charge is 2.40. The average molecular weight is 312 g/mol. The summed E-state index contributed by atoms with van der Waals surface area (Å²) in [7, 11) is 0. The van der Waals surface area contributed by atoms with Crippen molar-refractivity contribution in [2.75, 3.05) is 5.32 Å². The van der Waals surface area contributed by atoms with Crippen molar-refractivity contribution in [3.8, 4) is 0 Å². The maximum Gasteiger partial charge on any atom is 0.310 e. The summed E-state index contributed by atoms with van der Waals surface area (Å²) in [6.45, 7) is 0. The molecule has 1 aliphatic carbocycles. The normalized spacial score (nSPS) is 17.8. The Morgan fingerprint density at radius 1 is 1.29 bits per heavy atom. The third kappa shape index (κ3) is 4.14. The molecule has 1 saturated carbocycles. The van der Waals surface area contributed by atoms with Crippen molar-refractivity contribution < 1.29 is 14.7 Å². The number of aromatic nitrogens is 2. The standard InChI is InChI=1S/C14H18ClN3O3/c15-13-16-8-5-10(18-13)17-11(19)9-14(12(20)21)6-3-1-2-4-7-14/h5,8H,1-4,6-7,9H2,(H,20,21)(H,16,17,18,19). The van der Waals surface area contributed by atoms with Crippen molar-refractivity contribution in [2.45, 2.75) is 44.9 Å². The summed E-state index contributed by atoms with van der Waals surface area (Å²) in [6.07, 6.45) is 6.22. The zero-order valence-corrected chi connectivity index (χ0v) is 12.4. The van der Waals surface area contributed by atoms with Gasteiger partial charge >= 0.3 is 5.97 Å². The molecule has 0 spiro atoms. The first kappa shape index (κ1) is 15.7. The summed E-state index contributed by atoms with van der Waals surface area (Å²) in [5, 5.41) is 12.2. The molecule has 7 heteroatoms. The second kappa shape index (κ2) is 6.85. The van der Waals surface area contributed by atoms with Crippen LogP contribution in [-0.2, 0) is 9.59 Å². The van der Waals surface area contributed by atoms with Crippen LogP contribution in [0, 0.1) is 5.41 Å². The van der Waals surface area contributed by atoms with Crippen LogP contribution in [0.3, 0.4) is 0 Å². The van der Waals surface area contributed by atoms with Crippen LogP contribution in [0.4, 0.5) is 5.82 Å². The van der Waals surface area contributed by atoms with E-state index in [1.54, 1.807) is 0 Å². The Balaban J connectivity index is 2.06. The van der Waals surface area contributed by atoms with Crippen molar-refractivity contribution in [2.24, 2.45) is 5.41 Å². The molecule has 1 amide bonds. The van der Waals surface area contributed by atoms with Gasteiger partial charge in [-0.05, 0) is 30.5 Å². The molecule has 1 aromatic heterocycles. The molecule has 1 aromatic rings. The number of rotatable bonds is 4. The van der Waals surface area contributed by atoms with E-state index in [1.807, 2.05) is 0 Å². The smallest absolute Gasteiger partial charge is 0.310 e. The van der Waals surface area contributed by atoms with Gasteiger partial charge in [-0.1, -0.05) is 25.7 Å². The predicted octanol–water partition coefficient (Wildman–Crippen LogP) is 2.88. The van der Waals surface area contributed by atoms with Crippen molar-refractivity contribution >= 4 is 29.3 Å². The van der Waals surface area contributed by atoms with Crippen molar-refractivity contribution in [1.29, 1.82) is 0 Å². The van der Waals surface area contributed by atoms with E-state index in [-0.39, 0.29) is 23.4 Å². The summed E-state index contributed by atoms with van der Waals surface area (Å²) in [5.74, 6) is -0.955. The van der Waals surface area contributed by atoms with Crippen LogP contribution in [0.2, 0.25) is 5.28 Å². The van der Waals surface area contributed by atoms with Crippen LogP contribution in [-0.4, -0.2) is 27.0 Å². The first-order valence-corrected chi connectivity index (χ1v) is 7.41. The van der Waals surface area contributed by atoms with Crippen molar-refractivity contribution in [3.63, 3.8) is 0 Å². The third-order valence-electron chi connectivity index (χ3n) is 3.91. The van der Waals surface area contributed by atoms with Crippen LogP contribution < -0.4 is 5.32 Å². The van der Waals surface area contributed by atoms with Gasteiger partial charge in [-0.2, -0.15) is 0 Å². The minimum atomic E-state index is -0.961. The number of carbonyl (C=O) groups is 2. The molecule has 1 aliphatic rings. The molecule has 0 radical (unpaired) electrons. The van der Waals surface area contributed by atoms with E-state index >= 15 is 0 Å². The van der Waals surface area contributed by atoms with E-state index in [4.69, 9.17) is 11.6 Å². The lowest BCUT2D eigenvalue weighted by Crippen LogP contribution is -2.35. The largest absolute Gasteiger partial charge is 0.481 e. The van der Waals surface area contributed by atoms with Crippen molar-refractivity contribution in [1.82, 2.24) is 9.97 Å². The van der Waals surface area contributed by atoms with Gasteiger partial charge in [0.25, 0.3) is 0 Å². The highest BCUT2D eigenvalue weighted by Crippen LogP contribution is 2.38. The van der Waals surface area contributed by atoms with E-state index in [0.717, 1.165) is 25.7 Å². The molecule has 0 atom stereocenters. The number of carboxylic acids is 1. The van der Waals surface area contributed by atoms with Gasteiger partial charge in [0, 0.05) is 12.6 Å². The Bertz CT molecular complexity index is 528. The van der Waals surface area contributed by atoms with Crippen LogP contribution >= 0.6 is 11.6 Å². The van der Waals surface area contributed by atoms with Gasteiger partial charge in [-0.25, -0.2) is 9.97 Å². The highest BCUT2D eigenvalue weighted by atomic mass is 35.5. The first-order valence-electron chi connectivity index (χ1n) is 7.04. The number of halogens is 1. The maximum absolute atomic E-state index is 12.1. The zero-order chi connectivity index (χ0) is 15.3.